The molecular formula is C24H50N2O2. The van der Waals surface area contributed by atoms with Gasteiger partial charge in [-0.05, 0) is 66.7 Å². The summed E-state index contributed by atoms with van der Waals surface area (Å²) in [6.45, 7) is 20.6. The molecule has 0 aliphatic carbocycles. The smallest absolute Gasteiger partial charge is 0.210 e. The highest BCUT2D eigenvalue weighted by Gasteiger charge is 2.18. The van der Waals surface area contributed by atoms with Gasteiger partial charge in [0.2, 0.25) is 6.41 Å². The van der Waals surface area contributed by atoms with Gasteiger partial charge in [0.05, 0.1) is 5.60 Å². The van der Waals surface area contributed by atoms with Gasteiger partial charge in [0.1, 0.15) is 0 Å². The number of amides is 1. The van der Waals surface area contributed by atoms with Gasteiger partial charge in [-0.15, -0.1) is 0 Å². The van der Waals surface area contributed by atoms with Gasteiger partial charge in [-0.3, -0.25) is 4.79 Å². The molecule has 0 rings (SSSR count). The van der Waals surface area contributed by atoms with Crippen molar-refractivity contribution in [1.82, 2.24) is 4.90 Å². The van der Waals surface area contributed by atoms with Crippen LogP contribution in [0.5, 0.6) is 0 Å². The van der Waals surface area contributed by atoms with Crippen LogP contribution < -0.4 is 5.73 Å². The fourth-order valence-corrected chi connectivity index (χ4v) is 2.39. The Kier molecular flexibility index (Phi) is 21.6. The lowest BCUT2D eigenvalue weighted by Crippen LogP contribution is -2.39. The van der Waals surface area contributed by atoms with Gasteiger partial charge < -0.3 is 15.4 Å². The van der Waals surface area contributed by atoms with Crippen LogP contribution in [0.25, 0.3) is 0 Å². The van der Waals surface area contributed by atoms with E-state index in [-0.39, 0.29) is 17.7 Å². The summed E-state index contributed by atoms with van der Waals surface area (Å²) in [5.41, 5.74) is 5.95. The Hall–Kier alpha value is -1.13. The number of methoxy groups -OCH3 is 1. The van der Waals surface area contributed by atoms with Crippen LogP contribution in [-0.4, -0.2) is 42.1 Å². The zero-order chi connectivity index (χ0) is 22.8. The van der Waals surface area contributed by atoms with Crippen molar-refractivity contribution < 1.29 is 9.53 Å². The minimum Gasteiger partial charge on any atom is -0.379 e. The standard InChI is InChI=1S/C17H32N2O.C5H12O.C2H6/c1-6-9-17(18)11-8-10-14(3)12-16(5)19(13-20)15(4)7-2;1-5(2,3)6-4;1-2/h6,8-10,13-17H,7,11-12,18H2,1-5H3;1-4H3;1-2H3/b9-6-,10-8+;;. The zero-order valence-corrected chi connectivity index (χ0v) is 20.7. The van der Waals surface area contributed by atoms with Crippen molar-refractivity contribution in [3.05, 3.63) is 24.3 Å². The van der Waals surface area contributed by atoms with Crippen LogP contribution in [-0.2, 0) is 9.53 Å². The summed E-state index contributed by atoms with van der Waals surface area (Å²) < 4.78 is 4.94. The largest absolute Gasteiger partial charge is 0.379 e. The van der Waals surface area contributed by atoms with Crippen LogP contribution in [0.2, 0.25) is 0 Å². The summed E-state index contributed by atoms with van der Waals surface area (Å²) in [6.07, 6.45) is 12.2. The van der Waals surface area contributed by atoms with E-state index in [1.54, 1.807) is 7.11 Å². The van der Waals surface area contributed by atoms with E-state index in [2.05, 4.69) is 39.8 Å². The molecule has 168 valence electrons. The third-order valence-electron chi connectivity index (χ3n) is 4.37. The van der Waals surface area contributed by atoms with Gasteiger partial charge in [0, 0.05) is 25.2 Å². The van der Waals surface area contributed by atoms with E-state index >= 15 is 0 Å². The first-order chi connectivity index (χ1) is 13.0. The molecule has 1 amide bonds. The molecule has 0 spiro atoms. The Labute approximate surface area is 176 Å². The first kappa shape index (κ1) is 31.6. The summed E-state index contributed by atoms with van der Waals surface area (Å²) in [5.74, 6) is 0.453. The van der Waals surface area contributed by atoms with Crippen LogP contribution in [0.15, 0.2) is 24.3 Å². The fourth-order valence-electron chi connectivity index (χ4n) is 2.39. The van der Waals surface area contributed by atoms with Crippen LogP contribution >= 0.6 is 0 Å². The molecule has 0 aliphatic heterocycles. The number of nitrogens with zero attached hydrogens (tertiary/aromatic N) is 1. The highest BCUT2D eigenvalue weighted by Crippen LogP contribution is 2.15. The molecule has 0 aromatic heterocycles. The lowest BCUT2D eigenvalue weighted by molar-refractivity contribution is -0.122. The number of carbonyl (C=O) groups is 1. The second kappa shape index (κ2) is 19.2. The zero-order valence-electron chi connectivity index (χ0n) is 20.7. The average Bonchev–Trinajstić information content (AvgIpc) is 2.63. The third-order valence-corrected chi connectivity index (χ3v) is 4.37. The summed E-state index contributed by atoms with van der Waals surface area (Å²) in [4.78, 5) is 13.1. The van der Waals surface area contributed by atoms with Gasteiger partial charge in [0.25, 0.3) is 0 Å². The molecule has 0 saturated carbocycles. The Morgan fingerprint density at radius 2 is 1.57 bits per heavy atom. The molecule has 0 fully saturated rings. The normalized spacial score (nSPS) is 15.7. The monoisotopic (exact) mass is 398 g/mol. The number of rotatable bonds is 10. The predicted molar refractivity (Wildman–Crippen MR) is 126 cm³/mol. The first-order valence-corrected chi connectivity index (χ1v) is 10.8. The number of nitrogens with two attached hydrogens (primary N) is 1. The maximum atomic E-state index is 11.2. The Morgan fingerprint density at radius 3 is 1.93 bits per heavy atom. The minimum atomic E-state index is 0.0417. The van der Waals surface area contributed by atoms with E-state index in [1.807, 2.05) is 58.6 Å². The molecule has 0 bridgehead atoms. The highest BCUT2D eigenvalue weighted by atomic mass is 16.5. The molecule has 0 aliphatic rings. The van der Waals surface area contributed by atoms with Gasteiger partial charge in [-0.1, -0.05) is 52.0 Å². The molecule has 0 saturated heterocycles. The summed E-state index contributed by atoms with van der Waals surface area (Å²) in [7, 11) is 1.71. The SMILES string of the molecule is C/C=C\C(N)C/C=C/C(C)CC(C)N(C=O)C(C)CC.CC.COC(C)(C)C. The van der Waals surface area contributed by atoms with Crippen LogP contribution in [0.1, 0.15) is 88.5 Å². The Balaban J connectivity index is -0.000000660. The minimum absolute atomic E-state index is 0.0417. The molecule has 0 aromatic rings. The van der Waals surface area contributed by atoms with Crippen molar-refractivity contribution in [2.24, 2.45) is 11.7 Å². The second-order valence-corrected chi connectivity index (χ2v) is 8.04. The summed E-state index contributed by atoms with van der Waals surface area (Å²) in [6, 6.07) is 0.681. The van der Waals surface area contributed by atoms with Gasteiger partial charge in [-0.2, -0.15) is 0 Å². The fraction of sp³-hybridized carbons (Fsp3) is 0.792. The van der Waals surface area contributed by atoms with E-state index in [0.29, 0.717) is 12.0 Å². The lowest BCUT2D eigenvalue weighted by atomic mass is 9.99. The van der Waals surface area contributed by atoms with E-state index in [9.17, 15) is 4.79 Å². The van der Waals surface area contributed by atoms with Gasteiger partial charge in [0.15, 0.2) is 0 Å². The number of carbonyl (C=O) groups excluding carboxylic acids is 1. The molecule has 28 heavy (non-hydrogen) atoms. The molecular weight excluding hydrogens is 348 g/mol. The molecule has 0 radical (unpaired) electrons. The summed E-state index contributed by atoms with van der Waals surface area (Å²) >= 11 is 0. The Bertz CT molecular complexity index is 400. The molecule has 0 heterocycles. The van der Waals surface area contributed by atoms with E-state index in [4.69, 9.17) is 10.5 Å². The van der Waals surface area contributed by atoms with E-state index < -0.39 is 0 Å². The van der Waals surface area contributed by atoms with Crippen LogP contribution in [0, 0.1) is 5.92 Å². The van der Waals surface area contributed by atoms with Gasteiger partial charge in [-0.25, -0.2) is 0 Å². The molecule has 4 unspecified atom stereocenters. The van der Waals surface area contributed by atoms with Gasteiger partial charge >= 0.3 is 0 Å². The van der Waals surface area contributed by atoms with E-state index in [0.717, 1.165) is 25.7 Å². The maximum absolute atomic E-state index is 11.2. The molecule has 4 nitrogen and oxygen atoms in total. The number of hydrogen-bond donors (Lipinski definition) is 1. The highest BCUT2D eigenvalue weighted by molar-refractivity contribution is 5.48. The van der Waals surface area contributed by atoms with Crippen molar-refractivity contribution in [2.45, 2.75) is 112 Å². The van der Waals surface area contributed by atoms with Crippen molar-refractivity contribution in [3.63, 3.8) is 0 Å². The number of hydrogen-bond acceptors (Lipinski definition) is 3. The summed E-state index contributed by atoms with van der Waals surface area (Å²) in [5, 5.41) is 0. The van der Waals surface area contributed by atoms with Crippen molar-refractivity contribution in [2.75, 3.05) is 7.11 Å². The molecule has 4 heteroatoms. The van der Waals surface area contributed by atoms with Crippen molar-refractivity contribution >= 4 is 6.41 Å². The third kappa shape index (κ3) is 19.6. The lowest BCUT2D eigenvalue weighted by Gasteiger charge is -2.31. The van der Waals surface area contributed by atoms with Crippen molar-refractivity contribution in [1.29, 1.82) is 0 Å². The Morgan fingerprint density at radius 1 is 1.07 bits per heavy atom. The van der Waals surface area contributed by atoms with Crippen LogP contribution in [0.4, 0.5) is 0 Å². The first-order valence-electron chi connectivity index (χ1n) is 10.8. The number of allylic oxidation sites excluding steroid dienone is 2. The molecule has 4 atom stereocenters. The molecule has 0 aromatic carbocycles. The quantitative estimate of drug-likeness (QED) is 0.364. The second-order valence-electron chi connectivity index (χ2n) is 8.04. The van der Waals surface area contributed by atoms with Crippen molar-refractivity contribution in [3.8, 4) is 0 Å². The number of ether oxygens (including phenoxy) is 1. The van der Waals surface area contributed by atoms with E-state index in [1.165, 1.54) is 0 Å². The topological polar surface area (TPSA) is 55.6 Å². The molecule has 2 N–H and O–H groups in total. The van der Waals surface area contributed by atoms with Crippen LogP contribution in [0.3, 0.4) is 0 Å². The predicted octanol–water partition coefficient (Wildman–Crippen LogP) is 5.97. The maximum Gasteiger partial charge on any atom is 0.210 e. The average molecular weight is 399 g/mol.